The van der Waals surface area contributed by atoms with E-state index in [1.807, 2.05) is 47.8 Å². The number of ether oxygens (including phenoxy) is 1. The monoisotopic (exact) mass is 294 g/mol. The van der Waals surface area contributed by atoms with Gasteiger partial charge in [0.15, 0.2) is 0 Å². The van der Waals surface area contributed by atoms with Crippen molar-refractivity contribution in [3.05, 3.63) is 71.6 Å². The maximum Gasteiger partial charge on any atom is 0.337 e. The third-order valence-corrected chi connectivity index (χ3v) is 4.22. The number of rotatable bonds is 3. The second kappa shape index (κ2) is 5.94. The Balaban J connectivity index is 2.18. The molecule has 0 saturated heterocycles. The van der Waals surface area contributed by atoms with Crippen LogP contribution in [0.3, 0.4) is 0 Å². The number of thiophene rings is 1. The van der Waals surface area contributed by atoms with Crippen molar-refractivity contribution in [1.29, 1.82) is 0 Å². The summed E-state index contributed by atoms with van der Waals surface area (Å²) in [6, 6.07) is 19.9. The van der Waals surface area contributed by atoms with Crippen LogP contribution in [-0.4, -0.2) is 13.1 Å². The molecule has 1 aromatic heterocycles. The Labute approximate surface area is 127 Å². The first-order chi connectivity index (χ1) is 10.3. The summed E-state index contributed by atoms with van der Waals surface area (Å²) < 4.78 is 4.82. The summed E-state index contributed by atoms with van der Waals surface area (Å²) in [4.78, 5) is 12.9. The molecule has 1 heterocycles. The van der Waals surface area contributed by atoms with Crippen LogP contribution in [0, 0.1) is 0 Å². The summed E-state index contributed by atoms with van der Waals surface area (Å²) >= 11 is 1.66. The minimum absolute atomic E-state index is 0.313. The molecule has 0 N–H and O–H groups in total. The van der Waals surface area contributed by atoms with Gasteiger partial charge in [-0.3, -0.25) is 0 Å². The summed E-state index contributed by atoms with van der Waals surface area (Å²) in [5.74, 6) is -0.313. The fourth-order valence-corrected chi connectivity index (χ4v) is 3.05. The van der Waals surface area contributed by atoms with Crippen molar-refractivity contribution in [2.24, 2.45) is 0 Å². The first kappa shape index (κ1) is 13.6. The van der Waals surface area contributed by atoms with E-state index in [0.717, 1.165) is 21.6 Å². The van der Waals surface area contributed by atoms with Gasteiger partial charge in [-0.1, -0.05) is 42.5 Å². The fourth-order valence-electron chi connectivity index (χ4n) is 2.29. The summed E-state index contributed by atoms with van der Waals surface area (Å²) in [6.45, 7) is 0. The van der Waals surface area contributed by atoms with Crippen LogP contribution in [0.1, 0.15) is 10.4 Å². The Bertz CT molecular complexity index is 746. The van der Waals surface area contributed by atoms with E-state index >= 15 is 0 Å². The smallest absolute Gasteiger partial charge is 0.337 e. The van der Waals surface area contributed by atoms with E-state index < -0.39 is 0 Å². The van der Waals surface area contributed by atoms with Gasteiger partial charge in [0.2, 0.25) is 0 Å². The Hall–Kier alpha value is -2.39. The van der Waals surface area contributed by atoms with Crippen LogP contribution in [0.4, 0.5) is 0 Å². The van der Waals surface area contributed by atoms with Gasteiger partial charge in [-0.15, -0.1) is 11.3 Å². The molecular formula is C18H14O2S. The number of hydrogen-bond donors (Lipinski definition) is 0. The summed E-state index contributed by atoms with van der Waals surface area (Å²) in [5, 5.41) is 2.04. The third-order valence-electron chi connectivity index (χ3n) is 3.31. The van der Waals surface area contributed by atoms with Crippen molar-refractivity contribution in [3.63, 3.8) is 0 Å². The fraction of sp³-hybridized carbons (Fsp3) is 0.0556. The van der Waals surface area contributed by atoms with E-state index in [1.54, 1.807) is 11.3 Å². The first-order valence-electron chi connectivity index (χ1n) is 6.61. The molecule has 0 radical (unpaired) electrons. The molecule has 0 spiro atoms. The van der Waals surface area contributed by atoms with Crippen molar-refractivity contribution >= 4 is 17.3 Å². The molecule has 0 aliphatic rings. The van der Waals surface area contributed by atoms with Gasteiger partial charge >= 0.3 is 5.97 Å². The molecule has 0 aliphatic carbocycles. The second-order valence-corrected chi connectivity index (χ2v) is 5.54. The topological polar surface area (TPSA) is 26.3 Å². The van der Waals surface area contributed by atoms with Gasteiger partial charge in [0, 0.05) is 10.4 Å². The molecule has 0 amide bonds. The average molecular weight is 294 g/mol. The summed E-state index contributed by atoms with van der Waals surface area (Å²) in [7, 11) is 1.40. The maximum absolute atomic E-state index is 11.8. The quantitative estimate of drug-likeness (QED) is 0.644. The summed E-state index contributed by atoms with van der Waals surface area (Å²) in [5.41, 5.74) is 3.88. The molecular weight excluding hydrogens is 280 g/mol. The number of esters is 1. The Morgan fingerprint density at radius 1 is 0.952 bits per heavy atom. The lowest BCUT2D eigenvalue weighted by molar-refractivity contribution is 0.0601. The predicted molar refractivity (Wildman–Crippen MR) is 86.5 cm³/mol. The van der Waals surface area contributed by atoms with Gasteiger partial charge in [-0.2, -0.15) is 0 Å². The zero-order chi connectivity index (χ0) is 14.7. The Morgan fingerprint density at radius 3 is 2.43 bits per heavy atom. The zero-order valence-corrected chi connectivity index (χ0v) is 12.4. The number of carbonyl (C=O) groups is 1. The van der Waals surface area contributed by atoms with Gasteiger partial charge in [0.05, 0.1) is 12.7 Å². The van der Waals surface area contributed by atoms with Gasteiger partial charge in [0.1, 0.15) is 0 Å². The summed E-state index contributed by atoms with van der Waals surface area (Å²) in [6.07, 6.45) is 0. The number of methoxy groups -OCH3 is 1. The molecule has 21 heavy (non-hydrogen) atoms. The minimum atomic E-state index is -0.313. The first-order valence-corrected chi connectivity index (χ1v) is 7.49. The average Bonchev–Trinajstić information content (AvgIpc) is 3.09. The highest BCUT2D eigenvalue weighted by atomic mass is 32.1. The largest absolute Gasteiger partial charge is 0.465 e. The lowest BCUT2D eigenvalue weighted by atomic mass is 9.96. The third kappa shape index (κ3) is 2.73. The normalized spacial score (nSPS) is 10.3. The van der Waals surface area contributed by atoms with Gasteiger partial charge in [0.25, 0.3) is 0 Å². The van der Waals surface area contributed by atoms with Crippen molar-refractivity contribution in [2.45, 2.75) is 0 Å². The van der Waals surface area contributed by atoms with Gasteiger partial charge in [-0.05, 0) is 34.7 Å². The van der Waals surface area contributed by atoms with Gasteiger partial charge < -0.3 is 4.74 Å². The van der Waals surface area contributed by atoms with Gasteiger partial charge in [-0.25, -0.2) is 4.79 Å². The number of benzene rings is 2. The lowest BCUT2D eigenvalue weighted by Gasteiger charge is -2.10. The van der Waals surface area contributed by atoms with Crippen molar-refractivity contribution in [1.82, 2.24) is 0 Å². The molecule has 104 valence electrons. The molecule has 0 fully saturated rings. The lowest BCUT2D eigenvalue weighted by Crippen LogP contribution is -2.01. The molecule has 3 aromatic rings. The van der Waals surface area contributed by atoms with Crippen LogP contribution in [0.25, 0.3) is 21.6 Å². The Morgan fingerprint density at radius 2 is 1.76 bits per heavy atom. The molecule has 0 unspecified atom stereocenters. The molecule has 3 heteroatoms. The van der Waals surface area contributed by atoms with Crippen molar-refractivity contribution in [2.75, 3.05) is 7.11 Å². The van der Waals surface area contributed by atoms with Crippen molar-refractivity contribution in [3.8, 4) is 21.6 Å². The molecule has 2 nitrogen and oxygen atoms in total. The van der Waals surface area contributed by atoms with E-state index in [4.69, 9.17) is 4.74 Å². The Kier molecular flexibility index (Phi) is 3.84. The van der Waals surface area contributed by atoms with Crippen LogP contribution in [0.15, 0.2) is 66.0 Å². The van der Waals surface area contributed by atoms with E-state index in [2.05, 4.69) is 18.2 Å². The van der Waals surface area contributed by atoms with E-state index in [-0.39, 0.29) is 5.97 Å². The van der Waals surface area contributed by atoms with Crippen LogP contribution in [-0.2, 0) is 4.74 Å². The molecule has 0 bridgehead atoms. The molecule has 0 saturated carbocycles. The van der Waals surface area contributed by atoms with Crippen LogP contribution >= 0.6 is 11.3 Å². The van der Waals surface area contributed by atoms with E-state index in [9.17, 15) is 4.79 Å². The van der Waals surface area contributed by atoms with Crippen LogP contribution < -0.4 is 0 Å². The second-order valence-electron chi connectivity index (χ2n) is 4.60. The molecule has 3 rings (SSSR count). The van der Waals surface area contributed by atoms with Crippen molar-refractivity contribution < 1.29 is 9.53 Å². The highest BCUT2D eigenvalue weighted by Crippen LogP contribution is 2.35. The van der Waals surface area contributed by atoms with Crippen LogP contribution in [0.2, 0.25) is 0 Å². The number of hydrogen-bond acceptors (Lipinski definition) is 3. The maximum atomic E-state index is 11.8. The minimum Gasteiger partial charge on any atom is -0.465 e. The highest BCUT2D eigenvalue weighted by molar-refractivity contribution is 7.13. The SMILES string of the molecule is COC(=O)c1ccc(-c2ccccc2)c(-c2cccs2)c1. The zero-order valence-electron chi connectivity index (χ0n) is 11.6. The molecule has 0 atom stereocenters. The highest BCUT2D eigenvalue weighted by Gasteiger charge is 2.13. The molecule has 2 aromatic carbocycles. The molecule has 0 aliphatic heterocycles. The standard InChI is InChI=1S/C18H14O2S/c1-20-18(19)14-9-10-15(13-6-3-2-4-7-13)16(12-14)17-8-5-11-21-17/h2-12H,1H3. The van der Waals surface area contributed by atoms with E-state index in [1.165, 1.54) is 7.11 Å². The van der Waals surface area contributed by atoms with E-state index in [0.29, 0.717) is 5.56 Å². The van der Waals surface area contributed by atoms with Crippen LogP contribution in [0.5, 0.6) is 0 Å². The number of carbonyl (C=O) groups excluding carboxylic acids is 1. The predicted octanol–water partition coefficient (Wildman–Crippen LogP) is 4.87.